The van der Waals surface area contributed by atoms with E-state index in [4.69, 9.17) is 4.74 Å². The van der Waals surface area contributed by atoms with E-state index >= 15 is 0 Å². The third kappa shape index (κ3) is 3.29. The molecule has 2 aromatic heterocycles. The van der Waals surface area contributed by atoms with Gasteiger partial charge in [-0.1, -0.05) is 0 Å². The lowest BCUT2D eigenvalue weighted by molar-refractivity contribution is 0.0526. The van der Waals surface area contributed by atoms with Crippen LogP contribution in [0.25, 0.3) is 0 Å². The number of rotatable bonds is 4. The zero-order chi connectivity index (χ0) is 16.4. The van der Waals surface area contributed by atoms with Gasteiger partial charge in [0.05, 0.1) is 12.2 Å². The summed E-state index contributed by atoms with van der Waals surface area (Å²) in [5.74, 6) is 0.0311. The molecule has 0 radical (unpaired) electrons. The highest BCUT2D eigenvalue weighted by atomic mass is 32.1. The van der Waals surface area contributed by atoms with E-state index in [1.54, 1.807) is 25.2 Å². The van der Waals surface area contributed by atoms with E-state index in [1.807, 2.05) is 0 Å². The molecule has 0 aromatic carbocycles. The van der Waals surface area contributed by atoms with E-state index in [9.17, 15) is 9.59 Å². The molecule has 2 heterocycles. The maximum atomic E-state index is 12.4. The molecule has 0 amide bonds. The van der Waals surface area contributed by atoms with E-state index in [2.05, 4.69) is 15.3 Å². The maximum Gasteiger partial charge on any atom is 0.341 e. The van der Waals surface area contributed by atoms with Gasteiger partial charge < -0.3 is 10.1 Å². The molecule has 0 bridgehead atoms. The normalized spacial score (nSPS) is 13.5. The highest BCUT2D eigenvalue weighted by molar-refractivity contribution is 7.16. The lowest BCUT2D eigenvalue weighted by Crippen LogP contribution is -2.13. The van der Waals surface area contributed by atoms with Gasteiger partial charge in [-0.15, -0.1) is 11.3 Å². The van der Waals surface area contributed by atoms with Gasteiger partial charge in [0.15, 0.2) is 0 Å². The molecule has 23 heavy (non-hydrogen) atoms. The van der Waals surface area contributed by atoms with Crippen molar-refractivity contribution in [2.24, 2.45) is 0 Å². The summed E-state index contributed by atoms with van der Waals surface area (Å²) in [6.07, 6.45) is 4.08. The van der Waals surface area contributed by atoms with Crippen LogP contribution in [0.3, 0.4) is 0 Å². The van der Waals surface area contributed by atoms with Crippen LogP contribution in [0.5, 0.6) is 0 Å². The van der Waals surface area contributed by atoms with Gasteiger partial charge in [0.1, 0.15) is 5.00 Å². The minimum atomic E-state index is -0.315. The molecule has 7 heteroatoms. The van der Waals surface area contributed by atoms with Crippen molar-refractivity contribution in [3.63, 3.8) is 0 Å². The van der Waals surface area contributed by atoms with Crippen LogP contribution >= 0.6 is 11.3 Å². The van der Waals surface area contributed by atoms with Crippen molar-refractivity contribution in [3.8, 4) is 0 Å². The molecule has 1 aliphatic carbocycles. The summed E-state index contributed by atoms with van der Waals surface area (Å²) in [5.41, 5.74) is 2.07. The Balaban J connectivity index is 2.02. The molecular weight excluding hydrogens is 314 g/mol. The zero-order valence-electron chi connectivity index (χ0n) is 13.2. The number of H-pyrrole nitrogens is 1. The molecule has 0 aliphatic heterocycles. The summed E-state index contributed by atoms with van der Waals surface area (Å²) in [6.45, 7) is 3.89. The predicted molar refractivity (Wildman–Crippen MR) is 89.8 cm³/mol. The molecule has 1 aliphatic rings. The van der Waals surface area contributed by atoms with Gasteiger partial charge in [0.2, 0.25) is 5.95 Å². The number of esters is 1. The predicted octanol–water partition coefficient (Wildman–Crippen LogP) is 2.94. The number of aromatic nitrogens is 2. The van der Waals surface area contributed by atoms with E-state index in [0.29, 0.717) is 28.8 Å². The van der Waals surface area contributed by atoms with Crippen molar-refractivity contribution in [3.05, 3.63) is 38.1 Å². The Labute approximate surface area is 137 Å². The average Bonchev–Trinajstić information content (AvgIpc) is 2.84. The number of ether oxygens (including phenoxy) is 1. The Bertz CT molecular complexity index is 794. The van der Waals surface area contributed by atoms with Crippen LogP contribution < -0.4 is 10.9 Å². The number of nitrogens with zero attached hydrogens (tertiary/aromatic N) is 1. The summed E-state index contributed by atoms with van der Waals surface area (Å²) >= 11 is 1.55. The highest BCUT2D eigenvalue weighted by Gasteiger charge is 2.26. The lowest BCUT2D eigenvalue weighted by atomic mass is 9.95. The number of hydrogen-bond donors (Lipinski definition) is 2. The Morgan fingerprint density at radius 2 is 2.22 bits per heavy atom. The number of hydrogen-bond acceptors (Lipinski definition) is 6. The lowest BCUT2D eigenvalue weighted by Gasteiger charge is -2.12. The van der Waals surface area contributed by atoms with Crippen molar-refractivity contribution < 1.29 is 9.53 Å². The van der Waals surface area contributed by atoms with Gasteiger partial charge in [0, 0.05) is 16.6 Å². The monoisotopic (exact) mass is 333 g/mol. The van der Waals surface area contributed by atoms with Crippen molar-refractivity contribution in [1.29, 1.82) is 0 Å². The van der Waals surface area contributed by atoms with Crippen LogP contribution in [0.1, 0.15) is 46.3 Å². The number of nitrogens with one attached hydrogen (secondary N) is 2. The van der Waals surface area contributed by atoms with Gasteiger partial charge >= 0.3 is 5.97 Å². The number of thiophene rings is 1. The van der Waals surface area contributed by atoms with Gasteiger partial charge in [0.25, 0.3) is 5.56 Å². The van der Waals surface area contributed by atoms with Crippen LogP contribution in [0, 0.1) is 6.92 Å². The first-order valence-corrected chi connectivity index (χ1v) is 8.56. The largest absolute Gasteiger partial charge is 0.462 e. The second-order valence-corrected chi connectivity index (χ2v) is 6.60. The van der Waals surface area contributed by atoms with Crippen molar-refractivity contribution >= 4 is 28.3 Å². The standard InChI is InChI=1S/C16H19N3O3S/c1-3-22-15(21)13-10-6-4-5-7-11(10)23-14(13)19-16-17-9(2)8-12(20)18-16/h8H,3-7H2,1-2H3,(H2,17,18,19,20). The number of aryl methyl sites for hydroxylation is 2. The second-order valence-electron chi connectivity index (χ2n) is 5.50. The fraction of sp³-hybridized carbons (Fsp3) is 0.438. The number of aromatic amines is 1. The molecule has 0 atom stereocenters. The summed E-state index contributed by atoms with van der Waals surface area (Å²) in [4.78, 5) is 32.1. The van der Waals surface area contributed by atoms with Crippen molar-refractivity contribution in [2.45, 2.75) is 39.5 Å². The Morgan fingerprint density at radius 1 is 1.43 bits per heavy atom. The minimum absolute atomic E-state index is 0.223. The Hall–Kier alpha value is -2.15. The highest BCUT2D eigenvalue weighted by Crippen LogP contribution is 2.39. The van der Waals surface area contributed by atoms with Crippen LogP contribution in [-0.2, 0) is 17.6 Å². The molecule has 0 saturated heterocycles. The molecule has 0 spiro atoms. The molecule has 2 aromatic rings. The SMILES string of the molecule is CCOC(=O)c1c(Nc2nc(C)cc(=O)[nH]2)sc2c1CCCC2. The summed E-state index contributed by atoms with van der Waals surface area (Å²) in [5, 5.41) is 3.80. The zero-order valence-corrected chi connectivity index (χ0v) is 14.0. The fourth-order valence-electron chi connectivity index (χ4n) is 2.82. The number of anilines is 2. The van der Waals surface area contributed by atoms with E-state index in [-0.39, 0.29) is 11.5 Å². The quantitative estimate of drug-likeness (QED) is 0.841. The smallest absolute Gasteiger partial charge is 0.341 e. The third-order valence-corrected chi connectivity index (χ3v) is 4.96. The van der Waals surface area contributed by atoms with Gasteiger partial charge in [-0.3, -0.25) is 9.78 Å². The van der Waals surface area contributed by atoms with Crippen LogP contribution in [0.4, 0.5) is 10.9 Å². The molecule has 0 unspecified atom stereocenters. The molecule has 122 valence electrons. The molecular formula is C16H19N3O3S. The molecule has 2 N–H and O–H groups in total. The first-order valence-electron chi connectivity index (χ1n) is 7.75. The molecule has 3 rings (SSSR count). The van der Waals surface area contributed by atoms with E-state index in [0.717, 1.165) is 31.2 Å². The van der Waals surface area contributed by atoms with E-state index in [1.165, 1.54) is 10.9 Å². The van der Waals surface area contributed by atoms with Crippen LogP contribution in [0.2, 0.25) is 0 Å². The van der Waals surface area contributed by atoms with Crippen LogP contribution in [0.15, 0.2) is 10.9 Å². The third-order valence-electron chi connectivity index (χ3n) is 3.75. The summed E-state index contributed by atoms with van der Waals surface area (Å²) in [6, 6.07) is 1.43. The van der Waals surface area contributed by atoms with Crippen LogP contribution in [-0.4, -0.2) is 22.5 Å². The Morgan fingerprint density at radius 3 is 2.96 bits per heavy atom. The molecule has 0 saturated carbocycles. The summed E-state index contributed by atoms with van der Waals surface area (Å²) in [7, 11) is 0. The maximum absolute atomic E-state index is 12.4. The average molecular weight is 333 g/mol. The first-order chi connectivity index (χ1) is 11.1. The first kappa shape index (κ1) is 15.7. The second kappa shape index (κ2) is 6.54. The minimum Gasteiger partial charge on any atom is -0.462 e. The molecule has 6 nitrogen and oxygen atoms in total. The Kier molecular flexibility index (Phi) is 4.47. The van der Waals surface area contributed by atoms with Crippen molar-refractivity contribution in [2.75, 3.05) is 11.9 Å². The number of carbonyl (C=O) groups is 1. The van der Waals surface area contributed by atoms with E-state index < -0.39 is 0 Å². The summed E-state index contributed by atoms with van der Waals surface area (Å²) < 4.78 is 5.21. The van der Waals surface area contributed by atoms with Gasteiger partial charge in [-0.25, -0.2) is 9.78 Å². The number of fused-ring (bicyclic) bond motifs is 1. The molecule has 0 fully saturated rings. The number of carbonyl (C=O) groups excluding carboxylic acids is 1. The van der Waals surface area contributed by atoms with Crippen molar-refractivity contribution in [1.82, 2.24) is 9.97 Å². The van der Waals surface area contributed by atoms with Gasteiger partial charge in [-0.05, 0) is 45.1 Å². The fourth-order valence-corrected chi connectivity index (χ4v) is 4.10. The van der Waals surface area contributed by atoms with Gasteiger partial charge in [-0.2, -0.15) is 0 Å². The topological polar surface area (TPSA) is 84.1 Å².